The Kier molecular flexibility index (Phi) is 4.05. The van der Waals surface area contributed by atoms with Crippen LogP contribution in [0.2, 0.25) is 10.0 Å². The highest BCUT2D eigenvalue weighted by Crippen LogP contribution is 2.33. The smallest absolute Gasteiger partial charge is 0.151 e. The van der Waals surface area contributed by atoms with Gasteiger partial charge in [0.1, 0.15) is 0 Å². The first-order valence-electron chi connectivity index (χ1n) is 7.14. The second kappa shape index (κ2) is 5.82. The summed E-state index contributed by atoms with van der Waals surface area (Å²) >= 11 is 12.3. The number of aromatic nitrogens is 2. The molecule has 0 saturated carbocycles. The molecule has 3 nitrogen and oxygen atoms in total. The minimum Gasteiger partial charge on any atom is -0.350 e. The van der Waals surface area contributed by atoms with E-state index in [4.69, 9.17) is 23.2 Å². The lowest BCUT2D eigenvalue weighted by atomic mass is 10.1. The molecule has 1 saturated heterocycles. The third-order valence-electron chi connectivity index (χ3n) is 4.09. The van der Waals surface area contributed by atoms with Crippen LogP contribution in [-0.4, -0.2) is 22.3 Å². The van der Waals surface area contributed by atoms with Gasteiger partial charge in [-0.25, -0.2) is 0 Å². The monoisotopic (exact) mass is 321 g/mol. The molecule has 5 heteroatoms. The van der Waals surface area contributed by atoms with E-state index in [9.17, 15) is 0 Å². The number of rotatable bonds is 2. The maximum atomic E-state index is 6.23. The van der Waals surface area contributed by atoms with Crippen LogP contribution in [-0.2, 0) is 0 Å². The van der Waals surface area contributed by atoms with Crippen molar-refractivity contribution < 1.29 is 0 Å². The molecule has 0 spiro atoms. The van der Waals surface area contributed by atoms with Gasteiger partial charge < -0.3 is 4.90 Å². The summed E-state index contributed by atoms with van der Waals surface area (Å²) in [6, 6.07) is 10.5. The van der Waals surface area contributed by atoms with E-state index in [1.54, 1.807) is 6.07 Å². The Hall–Kier alpha value is -1.32. The molecule has 1 aromatic carbocycles. The highest BCUT2D eigenvalue weighted by molar-refractivity contribution is 6.43. The molecule has 2 aromatic rings. The van der Waals surface area contributed by atoms with Crippen LogP contribution in [0.25, 0.3) is 11.3 Å². The van der Waals surface area contributed by atoms with Crippen molar-refractivity contribution >= 4 is 29.0 Å². The van der Waals surface area contributed by atoms with Gasteiger partial charge in [0.05, 0.1) is 15.7 Å². The third-order valence-corrected chi connectivity index (χ3v) is 4.91. The van der Waals surface area contributed by atoms with Crippen LogP contribution in [0.5, 0.6) is 0 Å². The molecule has 0 bridgehead atoms. The normalized spacial score (nSPS) is 21.8. The van der Waals surface area contributed by atoms with Crippen LogP contribution in [0.15, 0.2) is 30.3 Å². The quantitative estimate of drug-likeness (QED) is 0.793. The van der Waals surface area contributed by atoms with Crippen molar-refractivity contribution in [1.82, 2.24) is 10.2 Å². The largest absolute Gasteiger partial charge is 0.350 e. The minimum atomic E-state index is 0.509. The Morgan fingerprint density at radius 2 is 1.71 bits per heavy atom. The van der Waals surface area contributed by atoms with Crippen molar-refractivity contribution in [2.24, 2.45) is 0 Å². The second-order valence-corrected chi connectivity index (χ2v) is 6.35. The zero-order chi connectivity index (χ0) is 15.0. The Bertz CT molecular complexity index is 632. The SMILES string of the molecule is C[C@@H]1CC[C@H](C)N1c1ccc(-c2cccc(Cl)c2Cl)nn1. The van der Waals surface area contributed by atoms with Gasteiger partial charge in [-0.3, -0.25) is 0 Å². The van der Waals surface area contributed by atoms with Gasteiger partial charge in [-0.1, -0.05) is 35.3 Å². The summed E-state index contributed by atoms with van der Waals surface area (Å²) in [6.07, 6.45) is 2.40. The summed E-state index contributed by atoms with van der Waals surface area (Å²) in [4.78, 5) is 2.33. The van der Waals surface area contributed by atoms with Gasteiger partial charge in [-0.15, -0.1) is 10.2 Å². The first-order chi connectivity index (χ1) is 10.1. The lowest BCUT2D eigenvalue weighted by molar-refractivity contribution is 0.676. The van der Waals surface area contributed by atoms with Crippen LogP contribution in [0.1, 0.15) is 26.7 Å². The third kappa shape index (κ3) is 2.72. The first kappa shape index (κ1) is 14.6. The van der Waals surface area contributed by atoms with E-state index in [0.29, 0.717) is 22.1 Å². The maximum absolute atomic E-state index is 6.23. The molecule has 1 aliphatic heterocycles. The number of hydrogen-bond donors (Lipinski definition) is 0. The molecule has 0 radical (unpaired) electrons. The molecule has 1 aromatic heterocycles. The molecule has 0 unspecified atom stereocenters. The van der Waals surface area contributed by atoms with Gasteiger partial charge in [0.25, 0.3) is 0 Å². The highest BCUT2D eigenvalue weighted by Gasteiger charge is 2.28. The number of hydrogen-bond acceptors (Lipinski definition) is 3. The highest BCUT2D eigenvalue weighted by atomic mass is 35.5. The Labute approximate surface area is 134 Å². The molecule has 2 atom stereocenters. The summed E-state index contributed by atoms with van der Waals surface area (Å²) in [5, 5.41) is 9.76. The van der Waals surface area contributed by atoms with Crippen molar-refractivity contribution in [3.63, 3.8) is 0 Å². The van der Waals surface area contributed by atoms with E-state index >= 15 is 0 Å². The first-order valence-corrected chi connectivity index (χ1v) is 7.90. The standard InChI is InChI=1S/C16H17Cl2N3/c1-10-6-7-11(2)21(10)15-9-8-14(19-20-15)12-4-3-5-13(17)16(12)18/h3-5,8-11H,6-7H2,1-2H3/t10-,11+. The lowest BCUT2D eigenvalue weighted by Crippen LogP contribution is -2.33. The number of anilines is 1. The van der Waals surface area contributed by atoms with Gasteiger partial charge in [0.2, 0.25) is 0 Å². The number of benzene rings is 1. The minimum absolute atomic E-state index is 0.509. The van der Waals surface area contributed by atoms with E-state index in [0.717, 1.165) is 17.1 Å². The Morgan fingerprint density at radius 1 is 1.00 bits per heavy atom. The van der Waals surface area contributed by atoms with E-state index in [1.807, 2.05) is 24.3 Å². The summed E-state index contributed by atoms with van der Waals surface area (Å²) in [6.45, 7) is 4.46. The lowest BCUT2D eigenvalue weighted by Gasteiger charge is -2.26. The van der Waals surface area contributed by atoms with Crippen LogP contribution in [0, 0.1) is 0 Å². The molecule has 3 rings (SSSR count). The average molecular weight is 322 g/mol. The van der Waals surface area contributed by atoms with Crippen molar-refractivity contribution in [1.29, 1.82) is 0 Å². The van der Waals surface area contributed by atoms with E-state index in [1.165, 1.54) is 12.8 Å². The topological polar surface area (TPSA) is 29.0 Å². The average Bonchev–Trinajstić information content (AvgIpc) is 2.82. The van der Waals surface area contributed by atoms with Crippen LogP contribution >= 0.6 is 23.2 Å². The predicted octanol–water partition coefficient (Wildman–Crippen LogP) is 4.83. The van der Waals surface area contributed by atoms with Gasteiger partial charge in [0, 0.05) is 17.6 Å². The summed E-state index contributed by atoms with van der Waals surface area (Å²) in [5.41, 5.74) is 1.55. The molecule has 0 N–H and O–H groups in total. The van der Waals surface area contributed by atoms with Crippen LogP contribution in [0.4, 0.5) is 5.82 Å². The van der Waals surface area contributed by atoms with Crippen LogP contribution in [0.3, 0.4) is 0 Å². The summed E-state index contributed by atoms with van der Waals surface area (Å²) < 4.78 is 0. The van der Waals surface area contributed by atoms with E-state index in [2.05, 4.69) is 28.9 Å². The second-order valence-electron chi connectivity index (χ2n) is 5.56. The van der Waals surface area contributed by atoms with Crippen molar-refractivity contribution in [2.45, 2.75) is 38.8 Å². The fourth-order valence-corrected chi connectivity index (χ4v) is 3.35. The molecule has 1 aliphatic rings. The number of nitrogens with zero attached hydrogens (tertiary/aromatic N) is 3. The van der Waals surface area contributed by atoms with Gasteiger partial charge >= 0.3 is 0 Å². The molecular weight excluding hydrogens is 305 g/mol. The van der Waals surface area contributed by atoms with E-state index < -0.39 is 0 Å². The van der Waals surface area contributed by atoms with Crippen molar-refractivity contribution in [3.8, 4) is 11.3 Å². The van der Waals surface area contributed by atoms with Gasteiger partial charge in [0.15, 0.2) is 5.82 Å². The molecule has 2 heterocycles. The molecular formula is C16H17Cl2N3. The fraction of sp³-hybridized carbons (Fsp3) is 0.375. The Balaban J connectivity index is 1.92. The summed E-state index contributed by atoms with van der Waals surface area (Å²) in [5.74, 6) is 0.925. The zero-order valence-electron chi connectivity index (χ0n) is 12.1. The molecule has 0 aliphatic carbocycles. The Morgan fingerprint density at radius 3 is 2.33 bits per heavy atom. The van der Waals surface area contributed by atoms with Crippen molar-refractivity contribution in [3.05, 3.63) is 40.4 Å². The molecule has 1 fully saturated rings. The fourth-order valence-electron chi connectivity index (χ4n) is 2.95. The van der Waals surface area contributed by atoms with Gasteiger partial charge in [-0.2, -0.15) is 0 Å². The number of halogens is 2. The van der Waals surface area contributed by atoms with Crippen LogP contribution < -0.4 is 4.90 Å². The summed E-state index contributed by atoms with van der Waals surface area (Å²) in [7, 11) is 0. The molecule has 21 heavy (non-hydrogen) atoms. The molecule has 110 valence electrons. The maximum Gasteiger partial charge on any atom is 0.151 e. The van der Waals surface area contributed by atoms with E-state index in [-0.39, 0.29) is 0 Å². The predicted molar refractivity (Wildman–Crippen MR) is 88.1 cm³/mol. The zero-order valence-corrected chi connectivity index (χ0v) is 13.6. The van der Waals surface area contributed by atoms with Gasteiger partial charge in [-0.05, 0) is 44.9 Å². The molecule has 0 amide bonds. The van der Waals surface area contributed by atoms with Crippen molar-refractivity contribution in [2.75, 3.05) is 4.90 Å².